The van der Waals surface area contributed by atoms with Crippen molar-refractivity contribution in [1.82, 2.24) is 10.2 Å². The summed E-state index contributed by atoms with van der Waals surface area (Å²) in [6.45, 7) is 9.93. The summed E-state index contributed by atoms with van der Waals surface area (Å²) in [7, 11) is 0. The van der Waals surface area contributed by atoms with Crippen LogP contribution in [0.2, 0.25) is 0 Å². The molecule has 0 bridgehead atoms. The van der Waals surface area contributed by atoms with Gasteiger partial charge in [0, 0.05) is 30.1 Å². The van der Waals surface area contributed by atoms with Crippen molar-refractivity contribution in [3.8, 4) is 0 Å². The van der Waals surface area contributed by atoms with Gasteiger partial charge in [-0.25, -0.2) is 0 Å². The predicted octanol–water partition coefficient (Wildman–Crippen LogP) is 3.71. The molecule has 1 fully saturated rings. The Bertz CT molecular complexity index is 427. The van der Waals surface area contributed by atoms with Crippen LogP contribution < -0.4 is 5.32 Å². The molecule has 1 aliphatic carbocycles. The monoisotopic (exact) mass is 322 g/mol. The molecule has 0 aromatic heterocycles. The molecule has 104 valence electrons. The van der Waals surface area contributed by atoms with Gasteiger partial charge in [0.15, 0.2) is 0 Å². The predicted molar refractivity (Wildman–Crippen MR) is 85.2 cm³/mol. The molecule has 2 rings (SSSR count). The fourth-order valence-electron chi connectivity index (χ4n) is 2.11. The van der Waals surface area contributed by atoms with E-state index in [1.54, 1.807) is 0 Å². The first-order valence-electron chi connectivity index (χ1n) is 7.07. The molecule has 0 atom stereocenters. The van der Waals surface area contributed by atoms with Crippen molar-refractivity contribution >= 4 is 15.9 Å². The molecule has 0 heterocycles. The van der Waals surface area contributed by atoms with E-state index in [9.17, 15) is 0 Å². The standard InChI is InChI=1S/C16H23BrN2/c1-3-9-19(4-2)12-14-6-5-13(10-16(14)17)11-18-15-7-8-15/h3,5-6,10,15,18H,1,4,7-9,11-12H2,2H3. The van der Waals surface area contributed by atoms with E-state index in [1.807, 2.05) is 6.08 Å². The van der Waals surface area contributed by atoms with E-state index in [4.69, 9.17) is 0 Å². The number of rotatable bonds is 8. The van der Waals surface area contributed by atoms with Gasteiger partial charge in [-0.1, -0.05) is 41.1 Å². The molecule has 0 unspecified atom stereocenters. The van der Waals surface area contributed by atoms with Gasteiger partial charge in [0.1, 0.15) is 0 Å². The van der Waals surface area contributed by atoms with Gasteiger partial charge in [-0.2, -0.15) is 0 Å². The third kappa shape index (κ3) is 4.75. The van der Waals surface area contributed by atoms with Crippen LogP contribution in [0.4, 0.5) is 0 Å². The highest BCUT2D eigenvalue weighted by Gasteiger charge is 2.19. The number of hydrogen-bond donors (Lipinski definition) is 1. The molecule has 3 heteroatoms. The summed E-state index contributed by atoms with van der Waals surface area (Å²) in [5.41, 5.74) is 2.70. The third-order valence-corrected chi connectivity index (χ3v) is 4.26. The van der Waals surface area contributed by atoms with E-state index in [-0.39, 0.29) is 0 Å². The van der Waals surface area contributed by atoms with Gasteiger partial charge in [0.2, 0.25) is 0 Å². The lowest BCUT2D eigenvalue weighted by atomic mass is 10.1. The van der Waals surface area contributed by atoms with Crippen LogP contribution in [0, 0.1) is 0 Å². The van der Waals surface area contributed by atoms with Crippen LogP contribution in [0.1, 0.15) is 30.9 Å². The van der Waals surface area contributed by atoms with E-state index in [0.717, 1.165) is 32.2 Å². The topological polar surface area (TPSA) is 15.3 Å². The van der Waals surface area contributed by atoms with E-state index in [0.29, 0.717) is 0 Å². The van der Waals surface area contributed by atoms with Crippen molar-refractivity contribution in [1.29, 1.82) is 0 Å². The van der Waals surface area contributed by atoms with Gasteiger partial charge < -0.3 is 5.32 Å². The second-order valence-electron chi connectivity index (χ2n) is 5.20. The summed E-state index contributed by atoms with van der Waals surface area (Å²) in [5, 5.41) is 3.55. The van der Waals surface area contributed by atoms with Crippen LogP contribution in [0.15, 0.2) is 35.3 Å². The highest BCUT2D eigenvalue weighted by molar-refractivity contribution is 9.10. The first-order valence-corrected chi connectivity index (χ1v) is 7.86. The van der Waals surface area contributed by atoms with Gasteiger partial charge in [-0.3, -0.25) is 4.90 Å². The summed E-state index contributed by atoms with van der Waals surface area (Å²) >= 11 is 3.70. The molecule has 0 aliphatic heterocycles. The summed E-state index contributed by atoms with van der Waals surface area (Å²) in [4.78, 5) is 2.37. The number of benzene rings is 1. The number of hydrogen-bond acceptors (Lipinski definition) is 2. The lowest BCUT2D eigenvalue weighted by Crippen LogP contribution is -2.23. The van der Waals surface area contributed by atoms with E-state index in [1.165, 1.54) is 28.4 Å². The number of nitrogens with one attached hydrogen (secondary N) is 1. The summed E-state index contributed by atoms with van der Waals surface area (Å²) in [6.07, 6.45) is 4.64. The largest absolute Gasteiger partial charge is 0.310 e. The maximum absolute atomic E-state index is 3.81. The van der Waals surface area contributed by atoms with Gasteiger partial charge in [0.25, 0.3) is 0 Å². The SMILES string of the molecule is C=CCN(CC)Cc1ccc(CNC2CC2)cc1Br. The zero-order chi connectivity index (χ0) is 13.7. The third-order valence-electron chi connectivity index (χ3n) is 3.52. The van der Waals surface area contributed by atoms with Crippen LogP contribution in [-0.4, -0.2) is 24.0 Å². The molecule has 2 nitrogen and oxygen atoms in total. The summed E-state index contributed by atoms with van der Waals surface area (Å²) in [5.74, 6) is 0. The highest BCUT2D eigenvalue weighted by Crippen LogP contribution is 2.22. The van der Waals surface area contributed by atoms with Crippen molar-refractivity contribution in [2.75, 3.05) is 13.1 Å². The first kappa shape index (κ1) is 14.8. The smallest absolute Gasteiger partial charge is 0.0248 e. The molecular formula is C16H23BrN2. The lowest BCUT2D eigenvalue weighted by Gasteiger charge is -2.19. The van der Waals surface area contributed by atoms with Gasteiger partial charge in [-0.15, -0.1) is 6.58 Å². The van der Waals surface area contributed by atoms with Crippen molar-refractivity contribution in [3.05, 3.63) is 46.5 Å². The normalized spacial score (nSPS) is 14.9. The van der Waals surface area contributed by atoms with Crippen molar-refractivity contribution < 1.29 is 0 Å². The van der Waals surface area contributed by atoms with E-state index >= 15 is 0 Å². The second-order valence-corrected chi connectivity index (χ2v) is 6.05. The Morgan fingerprint density at radius 3 is 2.84 bits per heavy atom. The Hall–Kier alpha value is -0.640. The minimum atomic E-state index is 0.765. The van der Waals surface area contributed by atoms with Crippen LogP contribution in [-0.2, 0) is 13.1 Å². The van der Waals surface area contributed by atoms with Crippen molar-refractivity contribution in [2.45, 2.75) is 38.9 Å². The van der Waals surface area contributed by atoms with E-state index in [2.05, 4.69) is 57.8 Å². The molecule has 0 spiro atoms. The Morgan fingerprint density at radius 2 is 2.26 bits per heavy atom. The Morgan fingerprint density at radius 1 is 1.47 bits per heavy atom. The maximum Gasteiger partial charge on any atom is 0.0248 e. The van der Waals surface area contributed by atoms with Gasteiger partial charge in [-0.05, 0) is 36.6 Å². The van der Waals surface area contributed by atoms with Crippen molar-refractivity contribution in [2.24, 2.45) is 0 Å². The van der Waals surface area contributed by atoms with Crippen LogP contribution in [0.5, 0.6) is 0 Å². The Kier molecular flexibility index (Phi) is 5.61. The molecule has 1 aliphatic rings. The minimum absolute atomic E-state index is 0.765. The quantitative estimate of drug-likeness (QED) is 0.734. The average molecular weight is 323 g/mol. The number of nitrogens with zero attached hydrogens (tertiary/aromatic N) is 1. The average Bonchev–Trinajstić information content (AvgIpc) is 3.22. The van der Waals surface area contributed by atoms with Crippen LogP contribution >= 0.6 is 15.9 Å². The molecule has 1 saturated carbocycles. The van der Waals surface area contributed by atoms with Gasteiger partial charge in [0.05, 0.1) is 0 Å². The molecule has 0 radical (unpaired) electrons. The Labute approximate surface area is 125 Å². The van der Waals surface area contributed by atoms with Crippen LogP contribution in [0.3, 0.4) is 0 Å². The molecule has 0 amide bonds. The highest BCUT2D eigenvalue weighted by atomic mass is 79.9. The first-order chi connectivity index (χ1) is 9.22. The lowest BCUT2D eigenvalue weighted by molar-refractivity contribution is 0.311. The summed E-state index contributed by atoms with van der Waals surface area (Å²) in [6, 6.07) is 7.48. The molecule has 0 saturated heterocycles. The van der Waals surface area contributed by atoms with E-state index < -0.39 is 0 Å². The molecule has 1 N–H and O–H groups in total. The van der Waals surface area contributed by atoms with Crippen LogP contribution in [0.25, 0.3) is 0 Å². The minimum Gasteiger partial charge on any atom is -0.310 e. The second kappa shape index (κ2) is 7.22. The fraction of sp³-hybridized carbons (Fsp3) is 0.500. The molecule has 1 aromatic rings. The fourth-order valence-corrected chi connectivity index (χ4v) is 2.66. The van der Waals surface area contributed by atoms with Crippen molar-refractivity contribution in [3.63, 3.8) is 0 Å². The molecule has 19 heavy (non-hydrogen) atoms. The molecule has 1 aromatic carbocycles. The number of halogens is 1. The maximum atomic E-state index is 3.81. The summed E-state index contributed by atoms with van der Waals surface area (Å²) < 4.78 is 1.21. The molecular weight excluding hydrogens is 300 g/mol. The Balaban J connectivity index is 1.94. The number of likely N-dealkylation sites (N-methyl/N-ethyl adjacent to an activating group) is 1. The zero-order valence-corrected chi connectivity index (χ0v) is 13.2. The zero-order valence-electron chi connectivity index (χ0n) is 11.7. The van der Waals surface area contributed by atoms with Gasteiger partial charge >= 0.3 is 0 Å².